The van der Waals surface area contributed by atoms with Crippen LogP contribution in [0.15, 0.2) is 18.2 Å². The first-order chi connectivity index (χ1) is 11.3. The molecule has 0 spiro atoms. The van der Waals surface area contributed by atoms with Crippen molar-refractivity contribution in [3.8, 4) is 11.5 Å². The van der Waals surface area contributed by atoms with Gasteiger partial charge in [-0.05, 0) is 30.5 Å². The van der Waals surface area contributed by atoms with E-state index in [-0.39, 0.29) is 23.4 Å². The molecule has 0 aliphatic carbocycles. The number of hydrogen-bond donors (Lipinski definition) is 1. The number of carbonyl (C=O) groups is 1. The molecule has 0 unspecified atom stereocenters. The molecule has 1 aromatic carbocycles. The molecule has 134 valence electrons. The van der Waals surface area contributed by atoms with E-state index in [2.05, 4.69) is 0 Å². The molecule has 1 amide bonds. The van der Waals surface area contributed by atoms with Crippen LogP contribution in [0.3, 0.4) is 0 Å². The van der Waals surface area contributed by atoms with Crippen LogP contribution < -0.4 is 15.2 Å². The Morgan fingerprint density at radius 1 is 1.38 bits per heavy atom. The Kier molecular flexibility index (Phi) is 5.93. The standard InChI is InChI=1S/C16H21F3N2O3/c1-23-14-8-11(2-4-13(14)24-10-16(17,18)19)3-5-15(22)21-7-6-12(20)9-21/h2,4,8,12H,3,5-7,9-10,20H2,1H3/t12-/m1/s1. The van der Waals surface area contributed by atoms with Gasteiger partial charge in [-0.1, -0.05) is 6.07 Å². The molecule has 1 fully saturated rings. The predicted molar refractivity (Wildman–Crippen MR) is 82.0 cm³/mol. The van der Waals surface area contributed by atoms with Crippen LogP contribution in [-0.2, 0) is 11.2 Å². The van der Waals surface area contributed by atoms with Crippen LogP contribution in [-0.4, -0.2) is 49.8 Å². The van der Waals surface area contributed by atoms with Crippen LogP contribution in [0, 0.1) is 0 Å². The number of methoxy groups -OCH3 is 1. The molecule has 5 nitrogen and oxygen atoms in total. The number of rotatable bonds is 6. The lowest BCUT2D eigenvalue weighted by Gasteiger charge is -2.16. The smallest absolute Gasteiger partial charge is 0.422 e. The van der Waals surface area contributed by atoms with E-state index < -0.39 is 12.8 Å². The number of carbonyl (C=O) groups excluding carboxylic acids is 1. The van der Waals surface area contributed by atoms with E-state index in [1.165, 1.54) is 13.2 Å². The number of ether oxygens (including phenoxy) is 2. The third-order valence-electron chi connectivity index (χ3n) is 3.82. The van der Waals surface area contributed by atoms with Gasteiger partial charge in [0.05, 0.1) is 7.11 Å². The summed E-state index contributed by atoms with van der Waals surface area (Å²) in [6, 6.07) is 4.70. The lowest BCUT2D eigenvalue weighted by Crippen LogP contribution is -2.31. The topological polar surface area (TPSA) is 64.8 Å². The van der Waals surface area contributed by atoms with Gasteiger partial charge in [0, 0.05) is 25.6 Å². The number of amides is 1. The van der Waals surface area contributed by atoms with E-state index >= 15 is 0 Å². The highest BCUT2D eigenvalue weighted by Crippen LogP contribution is 2.30. The second-order valence-corrected chi connectivity index (χ2v) is 5.78. The highest BCUT2D eigenvalue weighted by molar-refractivity contribution is 5.76. The number of hydrogen-bond acceptors (Lipinski definition) is 4. The second kappa shape index (κ2) is 7.74. The predicted octanol–water partition coefficient (Wildman–Crippen LogP) is 2.13. The van der Waals surface area contributed by atoms with Gasteiger partial charge >= 0.3 is 6.18 Å². The van der Waals surface area contributed by atoms with Crippen molar-refractivity contribution in [2.24, 2.45) is 5.73 Å². The van der Waals surface area contributed by atoms with Gasteiger partial charge in [-0.15, -0.1) is 0 Å². The van der Waals surface area contributed by atoms with Crippen LogP contribution in [0.2, 0.25) is 0 Å². The first-order valence-electron chi connectivity index (χ1n) is 7.68. The van der Waals surface area contributed by atoms with E-state index in [1.807, 2.05) is 0 Å². The zero-order valence-electron chi connectivity index (χ0n) is 13.4. The number of nitrogens with zero attached hydrogens (tertiary/aromatic N) is 1. The minimum Gasteiger partial charge on any atom is -0.493 e. The average Bonchev–Trinajstić information content (AvgIpc) is 2.96. The van der Waals surface area contributed by atoms with Crippen LogP contribution >= 0.6 is 0 Å². The second-order valence-electron chi connectivity index (χ2n) is 5.78. The van der Waals surface area contributed by atoms with Gasteiger partial charge in [-0.25, -0.2) is 0 Å². The number of alkyl halides is 3. The van der Waals surface area contributed by atoms with E-state index in [0.29, 0.717) is 25.9 Å². The van der Waals surface area contributed by atoms with E-state index in [4.69, 9.17) is 15.2 Å². The van der Waals surface area contributed by atoms with Gasteiger partial charge in [0.15, 0.2) is 18.1 Å². The minimum absolute atomic E-state index is 0.0235. The number of likely N-dealkylation sites (tertiary alicyclic amines) is 1. The average molecular weight is 346 g/mol. The summed E-state index contributed by atoms with van der Waals surface area (Å²) in [6.45, 7) is -0.129. The molecule has 1 heterocycles. The third kappa shape index (κ3) is 5.30. The molecular weight excluding hydrogens is 325 g/mol. The van der Waals surface area contributed by atoms with Gasteiger partial charge in [0.25, 0.3) is 0 Å². The SMILES string of the molecule is COc1cc(CCC(=O)N2CC[C@@H](N)C2)ccc1OCC(F)(F)F. The molecule has 24 heavy (non-hydrogen) atoms. The molecule has 1 aromatic rings. The molecule has 2 N–H and O–H groups in total. The van der Waals surface area contributed by atoms with Crippen molar-refractivity contribution in [2.75, 3.05) is 26.8 Å². The number of benzene rings is 1. The van der Waals surface area contributed by atoms with Gasteiger partial charge in [0.2, 0.25) is 5.91 Å². The van der Waals surface area contributed by atoms with Crippen LogP contribution in [0.5, 0.6) is 11.5 Å². The van der Waals surface area contributed by atoms with Crippen molar-refractivity contribution >= 4 is 5.91 Å². The molecule has 1 aliphatic heterocycles. The lowest BCUT2D eigenvalue weighted by molar-refractivity contribution is -0.153. The number of halogens is 3. The summed E-state index contributed by atoms with van der Waals surface area (Å²) in [5, 5.41) is 0. The van der Waals surface area contributed by atoms with Crippen molar-refractivity contribution in [1.29, 1.82) is 0 Å². The Labute approximate surface area is 138 Å². The zero-order valence-corrected chi connectivity index (χ0v) is 13.4. The van der Waals surface area contributed by atoms with E-state index in [9.17, 15) is 18.0 Å². The fourth-order valence-electron chi connectivity index (χ4n) is 2.57. The van der Waals surface area contributed by atoms with Crippen molar-refractivity contribution in [3.63, 3.8) is 0 Å². The molecule has 8 heteroatoms. The van der Waals surface area contributed by atoms with Gasteiger partial charge in [-0.2, -0.15) is 13.2 Å². The summed E-state index contributed by atoms with van der Waals surface area (Å²) in [7, 11) is 1.36. The van der Waals surface area contributed by atoms with Crippen molar-refractivity contribution in [3.05, 3.63) is 23.8 Å². The Hall–Kier alpha value is -1.96. The van der Waals surface area contributed by atoms with Crippen LogP contribution in [0.4, 0.5) is 13.2 Å². The summed E-state index contributed by atoms with van der Waals surface area (Å²) in [4.78, 5) is 13.8. The van der Waals surface area contributed by atoms with Crippen LogP contribution in [0.25, 0.3) is 0 Å². The first kappa shape index (κ1) is 18.4. The molecule has 0 radical (unpaired) electrons. The zero-order chi connectivity index (χ0) is 17.7. The maximum absolute atomic E-state index is 12.2. The summed E-state index contributed by atoms with van der Waals surface area (Å²) in [5.41, 5.74) is 6.57. The van der Waals surface area contributed by atoms with Crippen molar-refractivity contribution in [1.82, 2.24) is 4.90 Å². The number of nitrogens with two attached hydrogens (primary N) is 1. The third-order valence-corrected chi connectivity index (χ3v) is 3.82. The highest BCUT2D eigenvalue weighted by Gasteiger charge is 2.29. The van der Waals surface area contributed by atoms with Gasteiger partial charge in [0.1, 0.15) is 0 Å². The molecule has 0 bridgehead atoms. The fourth-order valence-corrected chi connectivity index (χ4v) is 2.57. The summed E-state index contributed by atoms with van der Waals surface area (Å²) >= 11 is 0. The molecular formula is C16H21F3N2O3. The Balaban J connectivity index is 1.92. The molecule has 0 saturated carbocycles. The number of aryl methyl sites for hydroxylation is 1. The fraction of sp³-hybridized carbons (Fsp3) is 0.562. The van der Waals surface area contributed by atoms with Gasteiger partial charge < -0.3 is 20.1 Å². The minimum atomic E-state index is -4.41. The summed E-state index contributed by atoms with van der Waals surface area (Å²) in [6.07, 6.45) is -2.81. The Bertz CT molecular complexity index is 578. The lowest BCUT2D eigenvalue weighted by atomic mass is 10.1. The first-order valence-corrected chi connectivity index (χ1v) is 7.68. The Morgan fingerprint density at radius 2 is 2.12 bits per heavy atom. The van der Waals surface area contributed by atoms with Crippen molar-refractivity contribution < 1.29 is 27.4 Å². The molecule has 1 atom stereocenters. The normalized spacial score (nSPS) is 17.9. The monoisotopic (exact) mass is 346 g/mol. The molecule has 2 rings (SSSR count). The van der Waals surface area contributed by atoms with Crippen LogP contribution in [0.1, 0.15) is 18.4 Å². The maximum Gasteiger partial charge on any atom is 0.422 e. The molecule has 0 aromatic heterocycles. The Morgan fingerprint density at radius 3 is 2.71 bits per heavy atom. The maximum atomic E-state index is 12.2. The quantitative estimate of drug-likeness (QED) is 0.857. The summed E-state index contributed by atoms with van der Waals surface area (Å²) in [5.74, 6) is 0.266. The van der Waals surface area contributed by atoms with Crippen molar-refractivity contribution in [2.45, 2.75) is 31.5 Å². The summed E-state index contributed by atoms with van der Waals surface area (Å²) < 4.78 is 46.5. The molecule has 1 saturated heterocycles. The largest absolute Gasteiger partial charge is 0.493 e. The van der Waals surface area contributed by atoms with E-state index in [1.54, 1.807) is 17.0 Å². The van der Waals surface area contributed by atoms with E-state index in [0.717, 1.165) is 12.0 Å². The molecule has 1 aliphatic rings. The highest BCUT2D eigenvalue weighted by atomic mass is 19.4. The van der Waals surface area contributed by atoms with Gasteiger partial charge in [-0.3, -0.25) is 4.79 Å².